The van der Waals surface area contributed by atoms with Gasteiger partial charge in [-0.2, -0.15) is 0 Å². The second-order valence-electron chi connectivity index (χ2n) is 29.6. The van der Waals surface area contributed by atoms with Gasteiger partial charge in [-0.3, -0.25) is 77.5 Å². The molecular weight excluding hydrogens is 1590 g/mol. The van der Waals surface area contributed by atoms with Crippen LogP contribution in [-0.4, -0.2) is 350 Å². The highest BCUT2D eigenvalue weighted by Crippen LogP contribution is 2.55. The first-order chi connectivity index (χ1) is 56.3. The molecule has 0 spiro atoms. The lowest BCUT2D eigenvalue weighted by Crippen LogP contribution is -2.53. The van der Waals surface area contributed by atoms with Crippen LogP contribution in [0.1, 0.15) is 117 Å². The number of aliphatic imine (C=N–C) groups is 6. The van der Waals surface area contributed by atoms with Gasteiger partial charge in [-0.1, -0.05) is 0 Å². The number of ketones is 3. The second-order valence-corrected chi connectivity index (χ2v) is 35.2. The van der Waals surface area contributed by atoms with Crippen LogP contribution in [0.15, 0.2) is 30.0 Å². The van der Waals surface area contributed by atoms with Crippen LogP contribution in [-0.2, 0) is 75.7 Å². The maximum Gasteiger partial charge on any atom is 0.409 e. The molecule has 6 amide bonds. The molecule has 0 aromatic heterocycles. The molecule has 680 valence electrons. The molecule has 0 aliphatic carbocycles. The number of carbonyl (C=O) groups excluding carboxylic acids is 9. The van der Waals surface area contributed by atoms with Crippen molar-refractivity contribution in [2.45, 2.75) is 160 Å². The lowest BCUT2D eigenvalue weighted by molar-refractivity contribution is -0.147. The molecule has 0 radical (unpaired) electrons. The van der Waals surface area contributed by atoms with Crippen LogP contribution in [0.25, 0.3) is 0 Å². The monoisotopic (exact) mass is 1730 g/mol. The fourth-order valence-corrected chi connectivity index (χ4v) is 17.5. The van der Waals surface area contributed by atoms with Crippen molar-refractivity contribution in [3.63, 3.8) is 0 Å². The molecule has 0 aromatic carbocycles. The Hall–Kier alpha value is -8.66. The van der Waals surface area contributed by atoms with E-state index in [0.29, 0.717) is 39.4 Å². The molecule has 3 saturated heterocycles. The van der Waals surface area contributed by atoms with Gasteiger partial charge in [-0.25, -0.2) is 18.8 Å². The number of hydrogen-bond acceptors (Lipinski definition) is 26. The molecule has 3 heterocycles. The summed E-state index contributed by atoms with van der Waals surface area (Å²) in [6.07, 6.45) is 1.47. The quantitative estimate of drug-likeness (QED) is 0.0117. The fraction of sp³-hybridized carbons (Fsp3) is 0.775. The molecule has 3 fully saturated rings. The Labute approximate surface area is 698 Å². The third-order valence-electron chi connectivity index (χ3n) is 19.3. The Kier molecular flexibility index (Phi) is 49.2. The first-order valence-corrected chi connectivity index (χ1v) is 43.4. The predicted molar refractivity (Wildman–Crippen MR) is 454 cm³/mol. The lowest BCUT2D eigenvalue weighted by atomic mass is 9.89. The van der Waals surface area contributed by atoms with Crippen LogP contribution in [0, 0.1) is 17.8 Å². The first kappa shape index (κ1) is 105. The van der Waals surface area contributed by atoms with Gasteiger partial charge >= 0.3 is 13.8 Å². The zero-order valence-electron chi connectivity index (χ0n) is 70.4. The van der Waals surface area contributed by atoms with E-state index in [2.05, 4.69) is 62.2 Å². The van der Waals surface area contributed by atoms with Gasteiger partial charge < -0.3 is 138 Å². The summed E-state index contributed by atoms with van der Waals surface area (Å²) >= 11 is 0. The Morgan fingerprint density at radius 1 is 0.479 bits per heavy atom. The number of nitrogens with zero attached hydrogens (tertiary/aromatic N) is 12. The molecule has 3 aliphatic heterocycles. The number of rotatable bonds is 59. The average Bonchev–Trinajstić information content (AvgIpc) is 0.790. The molecule has 48 heteroatoms. The number of morpholine rings is 2. The minimum absolute atomic E-state index is 0.0145. The number of nitrogens with one attached hydrogen (secondary N) is 4. The van der Waals surface area contributed by atoms with Crippen LogP contribution < -0.4 is 90.1 Å². The molecular formula is C71H138N28O18P2. The Balaban J connectivity index is 1.87. The normalized spacial score (nSPS) is 19.0. The van der Waals surface area contributed by atoms with Gasteiger partial charge in [0.15, 0.2) is 53.1 Å². The van der Waals surface area contributed by atoms with Gasteiger partial charge in [-0.15, -0.1) is 0 Å². The molecule has 3 aliphatic rings. The van der Waals surface area contributed by atoms with E-state index in [1.165, 1.54) is 16.5 Å². The van der Waals surface area contributed by atoms with Gasteiger partial charge in [0.05, 0.1) is 95.3 Å². The second kappa shape index (κ2) is 56.0. The van der Waals surface area contributed by atoms with E-state index >= 15 is 4.57 Å². The molecule has 2 unspecified atom stereocenters. The van der Waals surface area contributed by atoms with E-state index in [4.69, 9.17) is 107 Å². The molecule has 0 aromatic rings. The van der Waals surface area contributed by atoms with Crippen LogP contribution in [0.4, 0.5) is 4.79 Å². The van der Waals surface area contributed by atoms with E-state index in [9.17, 15) is 43.2 Å². The van der Waals surface area contributed by atoms with Crippen molar-refractivity contribution in [3.8, 4) is 0 Å². The molecule has 0 bridgehead atoms. The van der Waals surface area contributed by atoms with Gasteiger partial charge in [-0.05, 0) is 125 Å². The van der Waals surface area contributed by atoms with Crippen molar-refractivity contribution < 1.29 is 85.6 Å². The van der Waals surface area contributed by atoms with Crippen molar-refractivity contribution in [1.29, 1.82) is 0 Å². The Morgan fingerprint density at radius 3 is 1.26 bits per heavy atom. The summed E-state index contributed by atoms with van der Waals surface area (Å²) in [5, 5.41) is 19.8. The van der Waals surface area contributed by atoms with Crippen molar-refractivity contribution in [3.05, 3.63) is 0 Å². The van der Waals surface area contributed by atoms with Gasteiger partial charge in [0.2, 0.25) is 29.5 Å². The maximum atomic E-state index is 15.2. The van der Waals surface area contributed by atoms with E-state index in [0.717, 1.165) is 0 Å². The number of amides is 6. The van der Waals surface area contributed by atoms with E-state index in [1.807, 2.05) is 25.7 Å². The topological polar surface area (TPSA) is 710 Å². The van der Waals surface area contributed by atoms with Crippen molar-refractivity contribution in [1.82, 2.24) is 49.7 Å². The highest BCUT2D eigenvalue weighted by atomic mass is 31.2. The third-order valence-corrected chi connectivity index (χ3v) is 24.9. The molecule has 12 atom stereocenters. The molecule has 0 saturated carbocycles. The van der Waals surface area contributed by atoms with Gasteiger partial charge in [0.25, 0.3) is 0 Å². The van der Waals surface area contributed by atoms with Crippen molar-refractivity contribution >= 4 is 110 Å². The number of aliphatic hydroxyl groups excluding tert-OH is 1. The van der Waals surface area contributed by atoms with E-state index < -0.39 is 154 Å². The van der Waals surface area contributed by atoms with Gasteiger partial charge in [0, 0.05) is 136 Å². The smallest absolute Gasteiger partial charge is 0.409 e. The zero-order chi connectivity index (χ0) is 88.8. The lowest BCUT2D eigenvalue weighted by Gasteiger charge is -2.46. The summed E-state index contributed by atoms with van der Waals surface area (Å²) in [6, 6.07) is -3.70. The van der Waals surface area contributed by atoms with Crippen LogP contribution in [0.3, 0.4) is 0 Å². The van der Waals surface area contributed by atoms with E-state index in [-0.39, 0.29) is 218 Å². The largest absolute Gasteiger partial charge is 0.447 e. The number of piperazine rings is 1. The third kappa shape index (κ3) is 41.4. The minimum atomic E-state index is -3.84. The summed E-state index contributed by atoms with van der Waals surface area (Å²) < 4.78 is 64.3. The highest BCUT2D eigenvalue weighted by molar-refractivity contribution is 7.64. The van der Waals surface area contributed by atoms with Crippen molar-refractivity contribution in [2.24, 2.45) is 117 Å². The van der Waals surface area contributed by atoms with Gasteiger partial charge in [0.1, 0.15) is 14.0 Å². The maximum absolute atomic E-state index is 15.2. The first-order valence-electron chi connectivity index (χ1n) is 40.1. The summed E-state index contributed by atoms with van der Waals surface area (Å²) in [6.45, 7) is 7.64. The summed E-state index contributed by atoms with van der Waals surface area (Å²) in [7, 11) is 0.484. The fourth-order valence-electron chi connectivity index (χ4n) is 13.3. The van der Waals surface area contributed by atoms with Crippen LogP contribution in [0.2, 0.25) is 0 Å². The molecule has 119 heavy (non-hydrogen) atoms. The Morgan fingerprint density at radius 2 is 0.857 bits per heavy atom. The van der Waals surface area contributed by atoms with Crippen LogP contribution in [0.5, 0.6) is 0 Å². The van der Waals surface area contributed by atoms with E-state index in [1.54, 1.807) is 30.6 Å². The van der Waals surface area contributed by atoms with Crippen LogP contribution >= 0.6 is 15.1 Å². The number of guanidine groups is 6. The highest BCUT2D eigenvalue weighted by Gasteiger charge is 2.44. The predicted octanol–water partition coefficient (Wildman–Crippen LogP) is -5.43. The Bertz CT molecular complexity index is 3460. The summed E-state index contributed by atoms with van der Waals surface area (Å²) in [5.74, 6) is -9.74. The minimum Gasteiger partial charge on any atom is -0.447 e. The average molecular weight is 1730 g/mol. The standard InChI is InChI=1S/C71H138N28O18P2/c1-47-41-97(43-53(116-47)46-115-119(110,95(6)7)99-42-48(2)117-54(44-99)45-114-118(8,94(4)5)98-29-27-96(28-30-98)71(109)113-36-35-112-34-33-111-32-31-100)61(105)40-90-62(106)50(15-9-21-84-65(72)73)37-59(103)56(19-13-25-88-69(80)81)92-64(108)52(17-11-23-86-67(76)77)39-60(104)57(20-14-26-89-70(82)83)93-63(107)51(16-10-22-85-66(74)75)38-58(102)55(91-49(3)101)18-12-24-87-68(78)79/h47-48,50-57,100H,8-46H2,1-7H3,(H,90,106)(H,91,101)(H,92,108)(H,93,107)(H4,72,73,84)(H4,74,75,85)(H4,76,77,86)(H4,78,79,87)(H4,80,81,88)(H4,82,83,89)/t47-,48-,50+,51+,52+,53-,54-,55-,56-,57-,118?,119?/m0/s1. The molecule has 46 nitrogen and oxygen atoms in total. The number of hydrogen-bond donors (Lipinski definition) is 17. The number of Topliss-reactive ketones (excluding diaryl/α,β-unsaturated/α-hetero) is 3. The summed E-state index contributed by atoms with van der Waals surface area (Å²) in [5.41, 5.74) is 67.4. The SMILES string of the molecule is C=P(OC[C@@H]1CN(P(=O)(OC[C@@H]2CN(C(=O)CNC(=O)[C@H](CCCN=C(N)N)CC(=O)[C@H](CCCN=C(N)N)NC(=O)[C@H](CCCN=C(N)N)CC(=O)[C@H](CCCN=C(N)N)NC(=O)[C@H](CCCN=C(N)N)CC(=O)[C@H](CCCN=C(N)N)NC(C)=O)C[C@H](C)O2)N(C)C)C[C@H](C)O1)(N(C)C)N1CCN(C(=O)OCCOCCOCCO)CC1. The molecule has 29 N–H and O–H groups in total. The molecule has 3 rings (SSSR count). The van der Waals surface area contributed by atoms with Crippen molar-refractivity contribution in [2.75, 3.05) is 179 Å². The number of aliphatic hydroxyl groups is 1. The number of ether oxygens (including phenoxy) is 5. The summed E-state index contributed by atoms with van der Waals surface area (Å²) in [4.78, 5) is 155. The number of nitrogens with two attached hydrogens (primary N) is 12. The number of carbonyl (C=O) groups is 9. The zero-order valence-corrected chi connectivity index (χ0v) is 72.2.